The molecule has 0 bridgehead atoms. The quantitative estimate of drug-likeness (QED) is 0.00863. The van der Waals surface area contributed by atoms with Crippen LogP contribution < -0.4 is 97.8 Å². The number of aliphatic hydroxyl groups is 2. The number of aliphatic carboxylic acids is 1. The molecule has 31 heteroatoms. The van der Waals surface area contributed by atoms with Gasteiger partial charge >= 0.3 is 41.5 Å². The Bertz CT molecular complexity index is 4270. The Morgan fingerprint density at radius 1 is 0.537 bits per heavy atom. The van der Waals surface area contributed by atoms with Gasteiger partial charge in [0.15, 0.2) is 56.3 Å². The maximum absolute atomic E-state index is 13.0. The fourth-order valence-electron chi connectivity index (χ4n) is 8.73. The second-order valence-electron chi connectivity index (χ2n) is 20.8. The van der Waals surface area contributed by atoms with Gasteiger partial charge in [-0.05, 0) is 101 Å². The van der Waals surface area contributed by atoms with Crippen LogP contribution in [0.25, 0.3) is 43.9 Å². The number of hydrogen-bond donors (Lipinski definition) is 7. The van der Waals surface area contributed by atoms with E-state index in [2.05, 4.69) is 19.8 Å². The van der Waals surface area contributed by atoms with Crippen LogP contribution in [0.1, 0.15) is 108 Å². The van der Waals surface area contributed by atoms with E-state index in [9.17, 15) is 68.4 Å². The zero-order chi connectivity index (χ0) is 68.8. The normalized spacial score (nSPS) is 12.5. The summed E-state index contributed by atoms with van der Waals surface area (Å²) in [4.78, 5) is 128. The van der Waals surface area contributed by atoms with Crippen LogP contribution in [0, 0.1) is 0 Å². The minimum Gasteiger partial charge on any atom is -0.542 e. The van der Waals surface area contributed by atoms with Crippen molar-refractivity contribution in [1.29, 1.82) is 0 Å². The van der Waals surface area contributed by atoms with Gasteiger partial charge in [0, 0.05) is 51.2 Å². The van der Waals surface area contributed by atoms with E-state index in [1.54, 1.807) is 26.0 Å². The predicted octanol–water partition coefficient (Wildman–Crippen LogP) is 1.13. The third-order valence-corrected chi connectivity index (χ3v) is 13.5. The molecule has 5 atom stereocenters. The van der Waals surface area contributed by atoms with Crippen molar-refractivity contribution in [3.63, 3.8) is 0 Å². The van der Waals surface area contributed by atoms with Crippen LogP contribution in [-0.4, -0.2) is 126 Å². The Labute approximate surface area is 563 Å². The molecule has 0 saturated carbocycles. The maximum atomic E-state index is 13.0. The number of carboxylic acid groups (broad SMARTS) is 2. The van der Waals surface area contributed by atoms with Crippen molar-refractivity contribution >= 4 is 100 Å². The minimum absolute atomic E-state index is 0. The number of rotatable bonds is 29. The van der Waals surface area contributed by atoms with Gasteiger partial charge in [0.05, 0.1) is 21.1 Å². The molecule has 95 heavy (non-hydrogen) atoms. The van der Waals surface area contributed by atoms with Gasteiger partial charge in [-0.2, -0.15) is 0 Å². The first-order chi connectivity index (χ1) is 44.8. The van der Waals surface area contributed by atoms with E-state index in [4.69, 9.17) is 53.8 Å². The number of nitrogens with two attached hydrogens (primary N) is 3. The van der Waals surface area contributed by atoms with Crippen LogP contribution in [0.5, 0.6) is 23.0 Å². The summed E-state index contributed by atoms with van der Waals surface area (Å²) < 4.78 is 48.5. The molecule has 498 valence electrons. The Hall–Kier alpha value is -9.61. The Morgan fingerprint density at radius 2 is 0.863 bits per heavy atom. The summed E-state index contributed by atoms with van der Waals surface area (Å²) in [6.45, 7) is 5.92. The van der Waals surface area contributed by atoms with Gasteiger partial charge in [0.25, 0.3) is 5.91 Å². The number of amides is 1. The van der Waals surface area contributed by atoms with Gasteiger partial charge in [-0.25, -0.2) is 4.79 Å². The average Bonchev–Trinajstić information content (AvgIpc) is 0.912. The summed E-state index contributed by atoms with van der Waals surface area (Å²) in [5.74, 6) is -4.64. The zero-order valence-electron chi connectivity index (χ0n) is 52.2. The summed E-state index contributed by atoms with van der Waals surface area (Å²) in [5, 5.41) is 44.0. The van der Waals surface area contributed by atoms with Crippen LogP contribution >= 0.6 is 9.47 Å². The second kappa shape index (κ2) is 36.7. The Morgan fingerprint density at radius 3 is 1.19 bits per heavy atom. The number of carboxylic acids is 2. The summed E-state index contributed by atoms with van der Waals surface area (Å²) in [6, 6.07) is 20.1. The molecule has 0 saturated heterocycles. The molecule has 1 amide bonds. The van der Waals surface area contributed by atoms with Crippen LogP contribution in [0.2, 0.25) is 0 Å². The van der Waals surface area contributed by atoms with E-state index in [1.807, 2.05) is 9.47 Å². The Kier molecular flexibility index (Phi) is 29.4. The number of aromatic carboxylic acids is 1. The van der Waals surface area contributed by atoms with Gasteiger partial charge in [-0.15, -0.1) is 0 Å². The molecule has 8 aromatic rings. The first-order valence-corrected chi connectivity index (χ1v) is 29.3. The van der Waals surface area contributed by atoms with E-state index in [0.717, 1.165) is 37.1 Å². The molecule has 0 radical (unpaired) electrons. The van der Waals surface area contributed by atoms with Gasteiger partial charge < -0.3 is 88.9 Å². The van der Waals surface area contributed by atoms with Crippen LogP contribution in [0.15, 0.2) is 144 Å². The second-order valence-corrected chi connectivity index (χ2v) is 21.0. The molecule has 0 fully saturated rings. The predicted molar refractivity (Wildman–Crippen MR) is 343 cm³/mol. The number of ketones is 2. The zero-order valence-corrected chi connectivity index (χ0v) is 55.4. The molecule has 0 aliphatic carbocycles. The number of fused-ring (bicyclic) bond motifs is 4. The van der Waals surface area contributed by atoms with Crippen molar-refractivity contribution in [3.05, 3.63) is 161 Å². The average molecular weight is 1340 g/mol. The van der Waals surface area contributed by atoms with Crippen LogP contribution in [0.4, 0.5) is 0 Å². The SMILES string of the molecule is CC(=O)c1cc(=O)c2c(OCC(O)COc3cccc4oc(C(=O)N[C@@H](CCCCN=C(C)N)C(=O)O)cc(=O)c34)cccc2o1.CC(=O)c1cc(=O)c2c(OCC(O)COc3cccc4oc(C(=O)[O-])cc(=O)c34)cccc2o1.CC(N)=NCCCC[C@H](N)C(=O)OP.[Na+]. The van der Waals surface area contributed by atoms with Gasteiger partial charge in [0.1, 0.15) is 124 Å². The molecule has 4 aromatic carbocycles. The molecule has 8 rings (SSSR count). The number of amidine groups is 2. The Balaban J connectivity index is 0.000000292. The standard InChI is InChI=1S/C32H33N3O11.C24H18O10.C8H18N3O2P.Na/c1-17(36)27-13-21(38)29-23(8-5-10-25(29)45-27)43-15-19(37)16-44-24-9-6-11-26-30(24)22(39)14-28(46-26)31(40)35-20(32(41)42)7-3-4-12-34-18(2)33;1-12(25)20-8-14(27)22-16(4-2-6-18(22)33-20)31-10-13(26)11-32-17-5-3-7-19-23(17)15(28)9-21(34-19)24(29)30;1-6(9)11-5-3-2-4-7(10)8(12)13-14;/h5-6,8-11,13-14,19-20,37H,3-4,7,12,15-16H2,1-2H3,(H2,33,34)(H,35,40)(H,41,42);2-9,13,26H,10-11H2,1H3,(H,29,30);7H,2-5,10,14H2,1H3,(H2,9,11);/q;;;+1/p-1/t19?,20-;;7-;/m0.0./s1. The summed E-state index contributed by atoms with van der Waals surface area (Å²) in [6.07, 6.45) is 1.15. The molecular weight excluding hydrogens is 1270 g/mol. The first-order valence-electron chi connectivity index (χ1n) is 28.9. The van der Waals surface area contributed by atoms with E-state index in [1.165, 1.54) is 74.5 Å². The third-order valence-electron chi connectivity index (χ3n) is 13.3. The van der Waals surface area contributed by atoms with Gasteiger partial charge in [-0.3, -0.25) is 48.3 Å². The number of unbranched alkanes of at least 4 members (excludes halogenated alkanes) is 2. The number of carbonyl (C=O) groups is 6. The topological polar surface area (TPSA) is 468 Å². The number of nitrogens with zero attached hydrogens (tertiary/aromatic N) is 2. The van der Waals surface area contributed by atoms with Crippen molar-refractivity contribution in [2.24, 2.45) is 27.2 Å². The fraction of sp³-hybridized carbons (Fsp3) is 0.312. The number of aliphatic hydroxyl groups excluding tert-OH is 2. The molecule has 4 aromatic heterocycles. The number of aliphatic imine (C=N–C) groups is 2. The van der Waals surface area contributed by atoms with E-state index in [-0.39, 0.29) is 147 Å². The molecule has 0 aliphatic heterocycles. The van der Waals surface area contributed by atoms with Crippen molar-refractivity contribution in [3.8, 4) is 23.0 Å². The third kappa shape index (κ3) is 22.3. The molecule has 29 nitrogen and oxygen atoms in total. The molecule has 0 spiro atoms. The molecule has 3 unspecified atom stereocenters. The smallest absolute Gasteiger partial charge is 0.542 e. The van der Waals surface area contributed by atoms with Crippen LogP contribution in [0.3, 0.4) is 0 Å². The largest absolute Gasteiger partial charge is 1.00 e. The molecular formula is C64H68N6NaO23P. The molecule has 4 heterocycles. The maximum Gasteiger partial charge on any atom is 1.00 e. The number of nitrogens with one attached hydrogen (secondary N) is 1. The molecule has 10 N–H and O–H groups in total. The van der Waals surface area contributed by atoms with Crippen molar-refractivity contribution in [2.75, 3.05) is 39.5 Å². The van der Waals surface area contributed by atoms with Crippen molar-refractivity contribution in [2.45, 2.75) is 90.5 Å². The minimum atomic E-state index is -1.63. The van der Waals surface area contributed by atoms with E-state index in [0.29, 0.717) is 44.0 Å². The number of ether oxygens (including phenoxy) is 4. The van der Waals surface area contributed by atoms with Crippen LogP contribution in [-0.2, 0) is 14.1 Å². The number of carbonyl (C=O) groups excluding carboxylic acids is 5. The number of benzene rings is 4. The monoisotopic (exact) mass is 1340 g/mol. The summed E-state index contributed by atoms with van der Waals surface area (Å²) in [7, 11) is 1.89. The fourth-order valence-corrected chi connectivity index (χ4v) is 8.91. The van der Waals surface area contributed by atoms with E-state index >= 15 is 0 Å². The van der Waals surface area contributed by atoms with Crippen molar-refractivity contribution in [1.82, 2.24) is 5.32 Å². The van der Waals surface area contributed by atoms with Gasteiger partial charge in [0.2, 0.25) is 0 Å². The summed E-state index contributed by atoms with van der Waals surface area (Å²) in [5.41, 5.74) is 14.5. The number of Topliss-reactive ketones (excluding diaryl/α,β-unsaturated/α-hetero) is 2. The van der Waals surface area contributed by atoms with Crippen molar-refractivity contribution < 1.29 is 120 Å². The number of hydrogen-bond acceptors (Lipinski definition) is 25. The van der Waals surface area contributed by atoms with E-state index < -0.39 is 87.1 Å². The summed E-state index contributed by atoms with van der Waals surface area (Å²) >= 11 is 0. The van der Waals surface area contributed by atoms with Gasteiger partial charge in [-0.1, -0.05) is 24.3 Å². The molecule has 0 aliphatic rings. The first kappa shape index (κ1) is 76.1.